The number of halogens is 3. The van der Waals surface area contributed by atoms with Gasteiger partial charge in [-0.15, -0.1) is 0 Å². The first-order valence-electron chi connectivity index (χ1n) is 6.07. The lowest BCUT2D eigenvalue weighted by molar-refractivity contribution is -0.141. The predicted octanol–water partition coefficient (Wildman–Crippen LogP) is 1.33. The largest absolute Gasteiger partial charge is 0.435 e. The maximum Gasteiger partial charge on any atom is 0.435 e. The Morgan fingerprint density at radius 1 is 1.33 bits per heavy atom. The molecule has 1 saturated heterocycles. The topological polar surface area (TPSA) is 33.1 Å². The first kappa shape index (κ1) is 13.4. The lowest BCUT2D eigenvalue weighted by Gasteiger charge is -2.27. The van der Waals surface area contributed by atoms with Crippen LogP contribution in [0.25, 0.3) is 0 Å². The molecule has 1 aromatic heterocycles. The van der Waals surface area contributed by atoms with Crippen molar-refractivity contribution in [2.45, 2.75) is 26.2 Å². The molecule has 102 valence electrons. The first-order chi connectivity index (χ1) is 8.50. The molecule has 1 N–H and O–H groups in total. The van der Waals surface area contributed by atoms with Crippen molar-refractivity contribution in [3.05, 3.63) is 17.5 Å². The number of nitrogens with zero attached hydrogens (tertiary/aromatic N) is 3. The third-order valence-electron chi connectivity index (χ3n) is 3.05. The van der Waals surface area contributed by atoms with Gasteiger partial charge in [0.15, 0.2) is 5.69 Å². The van der Waals surface area contributed by atoms with Crippen molar-refractivity contribution in [3.63, 3.8) is 0 Å². The summed E-state index contributed by atoms with van der Waals surface area (Å²) in [6.45, 7) is 6.26. The van der Waals surface area contributed by atoms with Crippen molar-refractivity contribution in [2.24, 2.45) is 0 Å². The van der Waals surface area contributed by atoms with Crippen molar-refractivity contribution < 1.29 is 13.2 Å². The van der Waals surface area contributed by atoms with Crippen LogP contribution in [0.3, 0.4) is 0 Å². The summed E-state index contributed by atoms with van der Waals surface area (Å²) < 4.78 is 39.2. The number of piperazine rings is 1. The van der Waals surface area contributed by atoms with Crippen LogP contribution in [0.5, 0.6) is 0 Å². The standard InChI is InChI=1S/C11H17F3N4/c1-2-18-9(7-10(16-18)11(12,13)14)8-17-5-3-15-4-6-17/h7,15H,2-6,8H2,1H3. The monoisotopic (exact) mass is 262 g/mol. The van der Waals surface area contributed by atoms with Crippen LogP contribution in [-0.2, 0) is 19.3 Å². The summed E-state index contributed by atoms with van der Waals surface area (Å²) >= 11 is 0. The highest BCUT2D eigenvalue weighted by molar-refractivity contribution is 5.13. The molecule has 0 amide bonds. The average Bonchev–Trinajstić information content (AvgIpc) is 2.73. The van der Waals surface area contributed by atoms with Crippen LogP contribution in [0.4, 0.5) is 13.2 Å². The van der Waals surface area contributed by atoms with Gasteiger partial charge < -0.3 is 5.32 Å². The van der Waals surface area contributed by atoms with Gasteiger partial charge in [-0.1, -0.05) is 0 Å². The van der Waals surface area contributed by atoms with E-state index in [0.29, 0.717) is 18.8 Å². The molecule has 1 aliphatic rings. The molecule has 0 aromatic carbocycles. The lowest BCUT2D eigenvalue weighted by Crippen LogP contribution is -2.43. The van der Waals surface area contributed by atoms with E-state index in [4.69, 9.17) is 0 Å². The molecule has 0 aliphatic carbocycles. The van der Waals surface area contributed by atoms with Crippen molar-refractivity contribution in [3.8, 4) is 0 Å². The Balaban J connectivity index is 2.13. The fourth-order valence-corrected chi connectivity index (χ4v) is 2.09. The van der Waals surface area contributed by atoms with E-state index in [1.165, 1.54) is 4.68 Å². The molecular formula is C11H17F3N4. The Hall–Kier alpha value is -1.08. The Bertz CT molecular complexity index is 393. The summed E-state index contributed by atoms with van der Waals surface area (Å²) in [5, 5.41) is 6.83. The Kier molecular flexibility index (Phi) is 3.91. The molecule has 1 aromatic rings. The molecule has 0 radical (unpaired) electrons. The molecule has 0 unspecified atom stereocenters. The average molecular weight is 262 g/mol. The second-order valence-corrected chi connectivity index (χ2v) is 4.36. The predicted molar refractivity (Wildman–Crippen MR) is 61.0 cm³/mol. The zero-order valence-corrected chi connectivity index (χ0v) is 10.3. The van der Waals surface area contributed by atoms with E-state index in [9.17, 15) is 13.2 Å². The lowest BCUT2D eigenvalue weighted by atomic mass is 10.3. The Labute approximate surface area is 104 Å². The molecule has 1 aliphatic heterocycles. The number of aryl methyl sites for hydroxylation is 1. The molecule has 0 atom stereocenters. The Morgan fingerprint density at radius 2 is 2.00 bits per heavy atom. The fourth-order valence-electron chi connectivity index (χ4n) is 2.09. The van der Waals surface area contributed by atoms with Crippen molar-refractivity contribution in [1.82, 2.24) is 20.0 Å². The van der Waals surface area contributed by atoms with Crippen LogP contribution in [-0.4, -0.2) is 40.9 Å². The quantitative estimate of drug-likeness (QED) is 0.892. The second kappa shape index (κ2) is 5.27. The summed E-state index contributed by atoms with van der Waals surface area (Å²) in [5.74, 6) is 0. The third kappa shape index (κ3) is 3.02. The molecule has 2 rings (SSSR count). The highest BCUT2D eigenvalue weighted by atomic mass is 19.4. The summed E-state index contributed by atoms with van der Waals surface area (Å²) in [7, 11) is 0. The number of hydrogen-bond acceptors (Lipinski definition) is 3. The molecule has 0 bridgehead atoms. The van der Waals surface area contributed by atoms with Gasteiger partial charge in [0.05, 0.1) is 5.69 Å². The number of nitrogens with one attached hydrogen (secondary N) is 1. The van der Waals surface area contributed by atoms with Crippen LogP contribution < -0.4 is 5.32 Å². The molecule has 0 spiro atoms. The van der Waals surface area contributed by atoms with E-state index in [1.54, 1.807) is 6.92 Å². The molecule has 2 heterocycles. The maximum absolute atomic E-state index is 12.6. The van der Waals surface area contributed by atoms with Crippen molar-refractivity contribution in [1.29, 1.82) is 0 Å². The van der Waals surface area contributed by atoms with Gasteiger partial charge in [-0.05, 0) is 13.0 Å². The summed E-state index contributed by atoms with van der Waals surface area (Å²) in [5.41, 5.74) is -0.166. The minimum Gasteiger partial charge on any atom is -0.314 e. The van der Waals surface area contributed by atoms with Crippen molar-refractivity contribution >= 4 is 0 Å². The highest BCUT2D eigenvalue weighted by Gasteiger charge is 2.34. The summed E-state index contributed by atoms with van der Waals surface area (Å²) in [6, 6.07) is 1.16. The second-order valence-electron chi connectivity index (χ2n) is 4.36. The highest BCUT2D eigenvalue weighted by Crippen LogP contribution is 2.28. The fraction of sp³-hybridized carbons (Fsp3) is 0.727. The molecule has 7 heteroatoms. The summed E-state index contributed by atoms with van der Waals surface area (Å²) in [4.78, 5) is 2.14. The number of hydrogen-bond donors (Lipinski definition) is 1. The minimum absolute atomic E-state index is 0.456. The van der Waals surface area contributed by atoms with Gasteiger partial charge in [-0.3, -0.25) is 9.58 Å². The maximum atomic E-state index is 12.6. The molecule has 0 saturated carbocycles. The van der Waals surface area contributed by atoms with Crippen LogP contribution in [0.15, 0.2) is 6.07 Å². The first-order valence-corrected chi connectivity index (χ1v) is 6.07. The normalized spacial score (nSPS) is 18.2. The van der Waals surface area contributed by atoms with Crippen molar-refractivity contribution in [2.75, 3.05) is 26.2 Å². The summed E-state index contributed by atoms with van der Waals surface area (Å²) in [6.07, 6.45) is -4.36. The van der Waals surface area contributed by atoms with Gasteiger partial charge in [0.25, 0.3) is 0 Å². The van der Waals surface area contributed by atoms with Crippen LogP contribution in [0, 0.1) is 0 Å². The zero-order chi connectivity index (χ0) is 13.2. The van der Waals surface area contributed by atoms with Gasteiger partial charge in [0, 0.05) is 39.3 Å². The van der Waals surface area contributed by atoms with Crippen LogP contribution in [0.1, 0.15) is 18.3 Å². The van der Waals surface area contributed by atoms with Gasteiger partial charge >= 0.3 is 6.18 Å². The van der Waals surface area contributed by atoms with Gasteiger partial charge in [0.1, 0.15) is 0 Å². The van der Waals surface area contributed by atoms with Gasteiger partial charge in [-0.25, -0.2) is 0 Å². The number of rotatable bonds is 3. The Morgan fingerprint density at radius 3 is 2.56 bits per heavy atom. The molecule has 4 nitrogen and oxygen atoms in total. The SMILES string of the molecule is CCn1nc(C(F)(F)F)cc1CN1CCNCC1. The number of aromatic nitrogens is 2. The van der Waals surface area contributed by atoms with Crippen LogP contribution >= 0.6 is 0 Å². The van der Waals surface area contributed by atoms with E-state index < -0.39 is 11.9 Å². The van der Waals surface area contributed by atoms with E-state index in [1.807, 2.05) is 0 Å². The third-order valence-corrected chi connectivity index (χ3v) is 3.05. The van der Waals surface area contributed by atoms with Crippen LogP contribution in [0.2, 0.25) is 0 Å². The zero-order valence-electron chi connectivity index (χ0n) is 10.3. The molecule has 1 fully saturated rings. The van der Waals surface area contributed by atoms with Gasteiger partial charge in [0.2, 0.25) is 0 Å². The van der Waals surface area contributed by atoms with E-state index >= 15 is 0 Å². The molecular weight excluding hydrogens is 245 g/mol. The van der Waals surface area contributed by atoms with E-state index in [2.05, 4.69) is 15.3 Å². The number of alkyl halides is 3. The van der Waals surface area contributed by atoms with Gasteiger partial charge in [-0.2, -0.15) is 18.3 Å². The van der Waals surface area contributed by atoms with E-state index in [-0.39, 0.29) is 0 Å². The molecule has 18 heavy (non-hydrogen) atoms. The van der Waals surface area contributed by atoms with E-state index in [0.717, 1.165) is 32.2 Å². The smallest absolute Gasteiger partial charge is 0.314 e. The minimum atomic E-state index is -4.36.